The highest BCUT2D eigenvalue weighted by Crippen LogP contribution is 2.25. The van der Waals surface area contributed by atoms with Gasteiger partial charge in [-0.2, -0.15) is 0 Å². The number of aliphatic hydroxyl groups is 1. The predicted octanol–water partition coefficient (Wildman–Crippen LogP) is 0.302. The molecule has 5 nitrogen and oxygen atoms in total. The maximum Gasteiger partial charge on any atom is 0.240 e. The second-order valence-corrected chi connectivity index (χ2v) is 4.24. The van der Waals surface area contributed by atoms with Crippen LogP contribution in [0.3, 0.4) is 0 Å². The van der Waals surface area contributed by atoms with E-state index in [9.17, 15) is 4.79 Å². The molecule has 0 aromatic heterocycles. The van der Waals surface area contributed by atoms with E-state index >= 15 is 0 Å². The molecule has 0 radical (unpaired) electrons. The average molecular weight is 250 g/mol. The van der Waals surface area contributed by atoms with E-state index in [1.165, 1.54) is 0 Å². The van der Waals surface area contributed by atoms with Crippen LogP contribution in [0.25, 0.3) is 0 Å². The maximum atomic E-state index is 11.8. The van der Waals surface area contributed by atoms with Crippen LogP contribution in [0.2, 0.25) is 0 Å². The van der Waals surface area contributed by atoms with Crippen molar-refractivity contribution in [2.75, 3.05) is 37.7 Å². The van der Waals surface area contributed by atoms with Crippen molar-refractivity contribution in [2.45, 2.75) is 6.92 Å². The SMILES string of the molecule is Cc1cc(OCCO)ccc1N1CCNCC1=O. The first kappa shape index (κ1) is 12.9. The number of piperazine rings is 1. The van der Waals surface area contributed by atoms with Gasteiger partial charge in [-0.05, 0) is 30.7 Å². The number of carbonyl (C=O) groups is 1. The molecule has 1 saturated heterocycles. The Kier molecular flexibility index (Phi) is 4.17. The van der Waals surface area contributed by atoms with Gasteiger partial charge >= 0.3 is 0 Å². The first-order valence-electron chi connectivity index (χ1n) is 6.08. The quantitative estimate of drug-likeness (QED) is 0.807. The highest BCUT2D eigenvalue weighted by Gasteiger charge is 2.20. The number of carbonyl (C=O) groups excluding carboxylic acids is 1. The van der Waals surface area contributed by atoms with E-state index in [2.05, 4.69) is 5.32 Å². The van der Waals surface area contributed by atoms with E-state index < -0.39 is 0 Å². The zero-order valence-electron chi connectivity index (χ0n) is 10.5. The molecule has 1 amide bonds. The van der Waals surface area contributed by atoms with Crippen molar-refractivity contribution in [2.24, 2.45) is 0 Å². The molecule has 1 aliphatic heterocycles. The predicted molar refractivity (Wildman–Crippen MR) is 69.0 cm³/mol. The first-order chi connectivity index (χ1) is 8.72. The Morgan fingerprint density at radius 1 is 1.50 bits per heavy atom. The van der Waals surface area contributed by atoms with Crippen molar-refractivity contribution in [1.82, 2.24) is 5.32 Å². The van der Waals surface area contributed by atoms with Gasteiger partial charge in [-0.15, -0.1) is 0 Å². The molecule has 1 aromatic carbocycles. The van der Waals surface area contributed by atoms with Gasteiger partial charge in [0, 0.05) is 18.8 Å². The van der Waals surface area contributed by atoms with Crippen LogP contribution in [-0.2, 0) is 4.79 Å². The number of amides is 1. The minimum absolute atomic E-state index is 0.00290. The largest absolute Gasteiger partial charge is 0.491 e. The molecule has 18 heavy (non-hydrogen) atoms. The van der Waals surface area contributed by atoms with Crippen molar-refractivity contribution >= 4 is 11.6 Å². The third-order valence-electron chi connectivity index (χ3n) is 2.91. The lowest BCUT2D eigenvalue weighted by Crippen LogP contribution is -2.48. The number of aliphatic hydroxyl groups excluding tert-OH is 1. The summed E-state index contributed by atoms with van der Waals surface area (Å²) in [5.74, 6) is 0.807. The van der Waals surface area contributed by atoms with E-state index in [1.807, 2.05) is 25.1 Å². The van der Waals surface area contributed by atoms with Crippen LogP contribution < -0.4 is 15.0 Å². The third-order valence-corrected chi connectivity index (χ3v) is 2.91. The lowest BCUT2D eigenvalue weighted by molar-refractivity contribution is -0.118. The Morgan fingerprint density at radius 3 is 3.00 bits per heavy atom. The van der Waals surface area contributed by atoms with E-state index in [-0.39, 0.29) is 19.1 Å². The Hall–Kier alpha value is -1.59. The molecule has 2 rings (SSSR count). The number of benzene rings is 1. The number of nitrogens with one attached hydrogen (secondary N) is 1. The van der Waals surface area contributed by atoms with Gasteiger partial charge in [0.15, 0.2) is 0 Å². The molecule has 0 unspecified atom stereocenters. The summed E-state index contributed by atoms with van der Waals surface area (Å²) in [6.07, 6.45) is 0. The Balaban J connectivity index is 2.15. The van der Waals surface area contributed by atoms with Crippen molar-refractivity contribution in [3.63, 3.8) is 0 Å². The topological polar surface area (TPSA) is 61.8 Å². The van der Waals surface area contributed by atoms with Crippen LogP contribution in [-0.4, -0.2) is 43.9 Å². The van der Waals surface area contributed by atoms with Crippen LogP contribution in [0.1, 0.15) is 5.56 Å². The lowest BCUT2D eigenvalue weighted by Gasteiger charge is -2.28. The number of ether oxygens (including phenoxy) is 1. The minimum atomic E-state index is -0.00290. The Morgan fingerprint density at radius 2 is 2.33 bits per heavy atom. The fourth-order valence-corrected chi connectivity index (χ4v) is 2.05. The van der Waals surface area contributed by atoms with Gasteiger partial charge in [-0.3, -0.25) is 4.79 Å². The maximum absolute atomic E-state index is 11.8. The molecule has 0 aliphatic carbocycles. The summed E-state index contributed by atoms with van der Waals surface area (Å²) in [6, 6.07) is 5.61. The molecule has 0 spiro atoms. The van der Waals surface area contributed by atoms with E-state index in [0.29, 0.717) is 18.8 Å². The van der Waals surface area contributed by atoms with Gasteiger partial charge in [0.1, 0.15) is 12.4 Å². The molecule has 0 bridgehead atoms. The highest BCUT2D eigenvalue weighted by molar-refractivity contribution is 5.96. The zero-order valence-corrected chi connectivity index (χ0v) is 10.5. The molecule has 2 N–H and O–H groups in total. The van der Waals surface area contributed by atoms with Gasteiger partial charge in [-0.1, -0.05) is 0 Å². The summed E-state index contributed by atoms with van der Waals surface area (Å²) >= 11 is 0. The average Bonchev–Trinajstić information content (AvgIpc) is 2.38. The number of hydrogen-bond acceptors (Lipinski definition) is 4. The molecule has 5 heteroatoms. The fraction of sp³-hybridized carbons (Fsp3) is 0.462. The summed E-state index contributed by atoms with van der Waals surface area (Å²) < 4.78 is 5.34. The summed E-state index contributed by atoms with van der Waals surface area (Å²) in [5, 5.41) is 11.8. The first-order valence-corrected chi connectivity index (χ1v) is 6.08. The van der Waals surface area contributed by atoms with Crippen molar-refractivity contribution < 1.29 is 14.6 Å². The molecule has 98 valence electrons. The van der Waals surface area contributed by atoms with Gasteiger partial charge < -0.3 is 20.1 Å². The van der Waals surface area contributed by atoms with Crippen LogP contribution in [0.5, 0.6) is 5.75 Å². The van der Waals surface area contributed by atoms with Crippen molar-refractivity contribution in [3.8, 4) is 5.75 Å². The van der Waals surface area contributed by atoms with Crippen LogP contribution >= 0.6 is 0 Å². The van der Waals surface area contributed by atoms with E-state index in [1.54, 1.807) is 4.90 Å². The second kappa shape index (κ2) is 5.84. The number of hydrogen-bond donors (Lipinski definition) is 2. The van der Waals surface area contributed by atoms with E-state index in [4.69, 9.17) is 9.84 Å². The standard InChI is InChI=1S/C13H18N2O3/c1-10-8-11(18-7-6-16)2-3-12(10)15-5-4-14-9-13(15)17/h2-3,8,14,16H,4-7,9H2,1H3. The summed E-state index contributed by atoms with van der Waals surface area (Å²) in [5.41, 5.74) is 1.93. The molecule has 1 aromatic rings. The van der Waals surface area contributed by atoms with Crippen LogP contribution in [0.4, 0.5) is 5.69 Å². The molecule has 0 atom stereocenters. The molecular weight excluding hydrogens is 232 g/mol. The minimum Gasteiger partial charge on any atom is -0.491 e. The normalized spacial score (nSPS) is 15.9. The number of anilines is 1. The molecule has 1 fully saturated rings. The van der Waals surface area contributed by atoms with Crippen LogP contribution in [0, 0.1) is 6.92 Å². The summed E-state index contributed by atoms with van der Waals surface area (Å²) in [4.78, 5) is 13.6. The molecule has 1 aliphatic rings. The number of nitrogens with zero attached hydrogens (tertiary/aromatic N) is 1. The lowest BCUT2D eigenvalue weighted by atomic mass is 10.1. The summed E-state index contributed by atoms with van der Waals surface area (Å²) in [7, 11) is 0. The molecule has 0 saturated carbocycles. The molecule has 1 heterocycles. The van der Waals surface area contributed by atoms with E-state index in [0.717, 1.165) is 17.8 Å². The van der Waals surface area contributed by atoms with Gasteiger partial charge in [0.2, 0.25) is 5.91 Å². The van der Waals surface area contributed by atoms with Gasteiger partial charge in [0.05, 0.1) is 13.2 Å². The number of aryl methyl sites for hydroxylation is 1. The zero-order chi connectivity index (χ0) is 13.0. The highest BCUT2D eigenvalue weighted by atomic mass is 16.5. The van der Waals surface area contributed by atoms with Gasteiger partial charge in [-0.25, -0.2) is 0 Å². The Bertz CT molecular complexity index is 434. The smallest absolute Gasteiger partial charge is 0.240 e. The Labute approximate surface area is 106 Å². The number of rotatable bonds is 4. The van der Waals surface area contributed by atoms with Crippen molar-refractivity contribution in [3.05, 3.63) is 23.8 Å². The van der Waals surface area contributed by atoms with Gasteiger partial charge in [0.25, 0.3) is 0 Å². The second-order valence-electron chi connectivity index (χ2n) is 4.24. The van der Waals surface area contributed by atoms with Crippen LogP contribution in [0.15, 0.2) is 18.2 Å². The molecular formula is C13H18N2O3. The van der Waals surface area contributed by atoms with Crippen molar-refractivity contribution in [1.29, 1.82) is 0 Å². The fourth-order valence-electron chi connectivity index (χ4n) is 2.05. The third kappa shape index (κ3) is 2.80. The summed E-state index contributed by atoms with van der Waals surface area (Å²) in [6.45, 7) is 4.13. The monoisotopic (exact) mass is 250 g/mol.